The van der Waals surface area contributed by atoms with Crippen molar-refractivity contribution < 1.29 is 29.4 Å². The van der Waals surface area contributed by atoms with Gasteiger partial charge in [-0.15, -0.1) is 40.0 Å². The summed E-state index contributed by atoms with van der Waals surface area (Å²) in [7, 11) is 1.42. The number of amides is 2. The fourth-order valence-electron chi connectivity index (χ4n) is 3.87. The number of hydrogen-bond acceptors (Lipinski definition) is 13. The quantitative estimate of drug-likeness (QED) is 0.119. The number of thiazole rings is 1. The number of rotatable bonds is 8. The highest BCUT2D eigenvalue weighted by molar-refractivity contribution is 8.01. The predicted octanol–water partition coefficient (Wildman–Crippen LogP) is -0.189. The van der Waals surface area contributed by atoms with Crippen LogP contribution in [-0.4, -0.2) is 99.1 Å². The third-order valence-electron chi connectivity index (χ3n) is 5.53. The van der Waals surface area contributed by atoms with Crippen molar-refractivity contribution in [3.63, 3.8) is 0 Å². The van der Waals surface area contributed by atoms with Crippen molar-refractivity contribution in [1.82, 2.24) is 34.8 Å². The van der Waals surface area contributed by atoms with Crippen LogP contribution >= 0.6 is 34.9 Å². The third kappa shape index (κ3) is 4.45. The van der Waals surface area contributed by atoms with Crippen molar-refractivity contribution in [3.8, 4) is 0 Å². The minimum atomic E-state index is -1.30. The van der Waals surface area contributed by atoms with Gasteiger partial charge in [0, 0.05) is 30.1 Å². The highest BCUT2D eigenvalue weighted by Gasteiger charge is 2.54. The van der Waals surface area contributed by atoms with Crippen molar-refractivity contribution in [2.75, 3.05) is 24.3 Å². The Balaban J connectivity index is 1.33. The van der Waals surface area contributed by atoms with Crippen LogP contribution < -0.4 is 11.1 Å². The second-order valence-corrected chi connectivity index (χ2v) is 10.8. The van der Waals surface area contributed by atoms with Crippen LogP contribution in [0.25, 0.3) is 5.78 Å². The van der Waals surface area contributed by atoms with E-state index in [4.69, 9.17) is 10.8 Å². The molecule has 0 saturated carbocycles. The third-order valence-corrected chi connectivity index (χ3v) is 8.64. The number of nitrogens with two attached hydrogens (primary N) is 1. The normalized spacial score (nSPS) is 19.3. The van der Waals surface area contributed by atoms with Crippen LogP contribution in [0.2, 0.25) is 0 Å². The van der Waals surface area contributed by atoms with Crippen LogP contribution in [0.15, 0.2) is 38.9 Å². The van der Waals surface area contributed by atoms with Gasteiger partial charge in [0.25, 0.3) is 23.4 Å². The van der Waals surface area contributed by atoms with Crippen molar-refractivity contribution in [2.45, 2.75) is 16.4 Å². The van der Waals surface area contributed by atoms with Crippen molar-refractivity contribution >= 4 is 75.2 Å². The number of aromatic nitrogens is 5. The Morgan fingerprint density at radius 2 is 2.08 bits per heavy atom. The molecule has 2 amide bonds. The zero-order valence-corrected chi connectivity index (χ0v) is 21.7. The van der Waals surface area contributed by atoms with Crippen LogP contribution in [0.4, 0.5) is 5.13 Å². The van der Waals surface area contributed by atoms with Crippen LogP contribution in [0.3, 0.4) is 0 Å². The number of anilines is 1. The smallest absolute Gasteiger partial charge is 0.375 e. The van der Waals surface area contributed by atoms with Gasteiger partial charge in [-0.1, -0.05) is 0 Å². The summed E-state index contributed by atoms with van der Waals surface area (Å²) in [5, 5.41) is 27.4. The molecule has 2 atom stereocenters. The summed E-state index contributed by atoms with van der Waals surface area (Å²) >= 11 is 3.67. The summed E-state index contributed by atoms with van der Waals surface area (Å²) < 4.78 is 1.26. The molecule has 0 bridgehead atoms. The largest absolute Gasteiger partial charge is 0.477 e. The summed E-state index contributed by atoms with van der Waals surface area (Å²) in [5.41, 5.74) is 6.27. The molecule has 15 nitrogen and oxygen atoms in total. The van der Waals surface area contributed by atoms with Gasteiger partial charge in [0.1, 0.15) is 33.5 Å². The highest BCUT2D eigenvalue weighted by atomic mass is 32.2. The van der Waals surface area contributed by atoms with Gasteiger partial charge < -0.3 is 21.3 Å². The number of carboxylic acid groups (broad SMARTS) is 2. The minimum Gasteiger partial charge on any atom is -0.477 e. The van der Waals surface area contributed by atoms with E-state index in [-0.39, 0.29) is 33.8 Å². The van der Waals surface area contributed by atoms with Gasteiger partial charge in [0.2, 0.25) is 0 Å². The summed E-state index contributed by atoms with van der Waals surface area (Å²) in [4.78, 5) is 66.2. The van der Waals surface area contributed by atoms with Crippen molar-refractivity contribution in [2.24, 2.45) is 4.99 Å². The predicted molar refractivity (Wildman–Crippen MR) is 137 cm³/mol. The van der Waals surface area contributed by atoms with Gasteiger partial charge in [0.15, 0.2) is 5.13 Å². The number of nitrogen functional groups attached to an aromatic ring is 1. The van der Waals surface area contributed by atoms with Gasteiger partial charge >= 0.3 is 11.9 Å². The first kappa shape index (κ1) is 25.6. The Kier molecular flexibility index (Phi) is 6.76. The van der Waals surface area contributed by atoms with E-state index in [2.05, 4.69) is 30.4 Å². The number of carbonyl (C=O) groups is 4. The number of fused-ring (bicyclic) bond motifs is 2. The number of β-lactam (4-membered cyclic amide) rings is 1. The lowest BCUT2D eigenvalue weighted by molar-refractivity contribution is -0.150. The van der Waals surface area contributed by atoms with Crippen molar-refractivity contribution in [1.29, 1.82) is 0 Å². The van der Waals surface area contributed by atoms with E-state index in [9.17, 15) is 24.3 Å². The monoisotopic (exact) mass is 575 g/mol. The fourth-order valence-corrected chi connectivity index (χ4v) is 6.85. The molecule has 18 heteroatoms. The van der Waals surface area contributed by atoms with Crippen LogP contribution in [0.5, 0.6) is 0 Å². The average Bonchev–Trinajstić information content (AvgIpc) is 3.52. The van der Waals surface area contributed by atoms with Gasteiger partial charge in [-0.2, -0.15) is 9.50 Å². The molecule has 2 aliphatic heterocycles. The van der Waals surface area contributed by atoms with E-state index >= 15 is 0 Å². The topological polar surface area (TPSA) is 218 Å². The minimum absolute atomic E-state index is 0.0129. The maximum absolute atomic E-state index is 13.0. The lowest BCUT2D eigenvalue weighted by atomic mass is 10.0. The molecule has 0 aliphatic carbocycles. The van der Waals surface area contributed by atoms with Gasteiger partial charge in [-0.3, -0.25) is 19.5 Å². The molecular formula is C20H17N9O6S3. The number of nitrogens with zero attached hydrogens (tertiary/aromatic N) is 7. The van der Waals surface area contributed by atoms with Gasteiger partial charge in [-0.25, -0.2) is 19.6 Å². The van der Waals surface area contributed by atoms with E-state index in [0.29, 0.717) is 16.4 Å². The molecule has 3 aromatic heterocycles. The molecule has 0 aromatic carbocycles. The maximum Gasteiger partial charge on any atom is 0.375 e. The fraction of sp³-hybridized carbons (Fsp3) is 0.250. The first-order valence-electron chi connectivity index (χ1n) is 10.7. The molecule has 5 N–H and O–H groups in total. The van der Waals surface area contributed by atoms with Crippen LogP contribution in [0.1, 0.15) is 16.3 Å². The zero-order valence-electron chi connectivity index (χ0n) is 19.3. The molecule has 5 rings (SSSR count). The van der Waals surface area contributed by atoms with Gasteiger partial charge in [-0.05, 0) is 11.6 Å². The first-order chi connectivity index (χ1) is 18.2. The SMILES string of the molecule is C/N=C(\C(=O)N[C@@H]1C(=O)N2C(C(=O)O)=C(CSc3ccnc4nc(C(=O)O)nn34)CS[C@H]12)c1csc(N)n1. The van der Waals surface area contributed by atoms with Crippen LogP contribution in [-0.2, 0) is 14.4 Å². The Hall–Kier alpha value is -4.03. The van der Waals surface area contributed by atoms with E-state index in [1.54, 1.807) is 11.4 Å². The lowest BCUT2D eigenvalue weighted by Crippen LogP contribution is -2.71. The molecule has 1 saturated heterocycles. The molecule has 2 aliphatic rings. The Morgan fingerprint density at radius 1 is 1.29 bits per heavy atom. The first-order valence-corrected chi connectivity index (χ1v) is 13.6. The number of carbonyl (C=O) groups excluding carboxylic acids is 2. The molecule has 1 fully saturated rings. The zero-order chi connectivity index (χ0) is 27.1. The number of hydrogen-bond donors (Lipinski definition) is 4. The summed E-state index contributed by atoms with van der Waals surface area (Å²) in [6.45, 7) is 0. The summed E-state index contributed by atoms with van der Waals surface area (Å²) in [5.74, 6) is -3.60. The maximum atomic E-state index is 13.0. The number of aliphatic imine (C=N–C) groups is 1. The Morgan fingerprint density at radius 3 is 2.74 bits per heavy atom. The van der Waals surface area contributed by atoms with Crippen molar-refractivity contribution in [3.05, 3.63) is 40.4 Å². The molecule has 0 unspecified atom stereocenters. The molecular weight excluding hydrogens is 558 g/mol. The van der Waals surface area contributed by atoms with E-state index in [1.165, 1.54) is 46.2 Å². The second kappa shape index (κ2) is 10.0. The summed E-state index contributed by atoms with van der Waals surface area (Å²) in [6.07, 6.45) is 1.44. The van der Waals surface area contributed by atoms with E-state index in [0.717, 1.165) is 11.3 Å². The Labute approximate surface area is 225 Å². The average molecular weight is 576 g/mol. The number of thioether (sulfide) groups is 2. The van der Waals surface area contributed by atoms with Crippen LogP contribution in [0, 0.1) is 0 Å². The molecule has 5 heterocycles. The molecule has 3 aromatic rings. The lowest BCUT2D eigenvalue weighted by Gasteiger charge is -2.49. The second-order valence-electron chi connectivity index (χ2n) is 7.79. The number of nitrogens with one attached hydrogen (secondary N) is 1. The number of aliphatic carboxylic acids is 1. The molecule has 38 heavy (non-hydrogen) atoms. The van der Waals surface area contributed by atoms with E-state index in [1.807, 2.05) is 0 Å². The van der Waals surface area contributed by atoms with Gasteiger partial charge in [0.05, 0.1) is 0 Å². The Bertz CT molecular complexity index is 1560. The molecule has 0 spiro atoms. The molecule has 196 valence electrons. The standard InChI is InChI=1S/C20H17N9O6S3/c1-22-10(8-6-38-19(21)24-8)14(30)25-11-15(31)28-12(17(32)33)7(5-37-16(11)28)4-36-9-2-3-23-20-26-13(18(34)35)27-29(9)20/h2-3,6,11,16H,4-5H2,1H3,(H2,21,24)(H,25,30)(H,32,33)(H,34,35)/b22-10-/t11-,16-/m1/s1. The highest BCUT2D eigenvalue weighted by Crippen LogP contribution is 2.41. The molecule has 0 radical (unpaired) electrons. The number of aromatic carboxylic acids is 1. The van der Waals surface area contributed by atoms with E-state index < -0.39 is 41.0 Å². The number of carboxylic acids is 2. The summed E-state index contributed by atoms with van der Waals surface area (Å²) in [6, 6.07) is 0.661.